The van der Waals surface area contributed by atoms with E-state index in [9.17, 15) is 19.6 Å². The summed E-state index contributed by atoms with van der Waals surface area (Å²) >= 11 is 5.63. The number of fused-ring (bicyclic) bond motifs is 1. The zero-order valence-corrected chi connectivity index (χ0v) is 23.8. The molecule has 220 valence electrons. The normalized spacial score (nSPS) is 24.2. The summed E-state index contributed by atoms with van der Waals surface area (Å²) in [5.41, 5.74) is 3.85. The Bertz CT molecular complexity index is 1500. The number of carbonyl (C=O) groups excluding carboxylic acids is 1. The van der Waals surface area contributed by atoms with Gasteiger partial charge in [0.2, 0.25) is 17.4 Å². The minimum Gasteiger partial charge on any atom is -0.476 e. The number of esters is 1. The Labute approximate surface area is 239 Å². The van der Waals surface area contributed by atoms with Gasteiger partial charge in [0.15, 0.2) is 17.4 Å². The van der Waals surface area contributed by atoms with E-state index in [2.05, 4.69) is 36.1 Å². The predicted octanol–water partition coefficient (Wildman–Crippen LogP) is 1.35. The summed E-state index contributed by atoms with van der Waals surface area (Å²) in [6.45, 7) is 2.82. The van der Waals surface area contributed by atoms with Crippen LogP contribution in [-0.2, 0) is 23.4 Å². The fourth-order valence-corrected chi connectivity index (χ4v) is 5.71. The predicted molar refractivity (Wildman–Crippen MR) is 145 cm³/mol. The number of carbonyl (C=O) groups is 1. The van der Waals surface area contributed by atoms with Gasteiger partial charge in [-0.1, -0.05) is 18.2 Å². The second kappa shape index (κ2) is 12.6. The second-order valence-corrected chi connectivity index (χ2v) is 10.6. The molecule has 0 aliphatic carbocycles. The lowest BCUT2D eigenvalue weighted by Crippen LogP contribution is -2.46. The summed E-state index contributed by atoms with van der Waals surface area (Å²) in [4.78, 5) is 24.4. The average Bonchev–Trinajstić information content (AvgIpc) is 3.46. The Morgan fingerprint density at radius 2 is 2.10 bits per heavy atom. The summed E-state index contributed by atoms with van der Waals surface area (Å²) in [5.74, 6) is 1.76. The molecule has 3 heterocycles. The summed E-state index contributed by atoms with van der Waals surface area (Å²) in [6.07, 6.45) is -3.26. The van der Waals surface area contributed by atoms with Crippen LogP contribution in [-0.4, -0.2) is 79.9 Å². The number of aliphatic hydroxyl groups excluding tert-OH is 1. The van der Waals surface area contributed by atoms with Crippen LogP contribution in [0.5, 0.6) is 11.6 Å². The Balaban J connectivity index is 1.64. The first-order valence-electron chi connectivity index (χ1n) is 12.2. The maximum atomic E-state index is 13.7. The number of hydrogen-bond acceptors (Lipinski definition) is 13. The molecule has 0 spiro atoms. The minimum absolute atomic E-state index is 0.101. The molecule has 0 amide bonds. The maximum absolute atomic E-state index is 13.7. The molecule has 1 saturated heterocycles. The highest BCUT2D eigenvalue weighted by molar-refractivity contribution is 7.52. The number of imidazole rings is 1. The van der Waals surface area contributed by atoms with Crippen molar-refractivity contribution in [2.24, 2.45) is 0 Å². The van der Waals surface area contributed by atoms with E-state index in [1.807, 2.05) is 0 Å². The van der Waals surface area contributed by atoms with Gasteiger partial charge in [-0.15, -0.1) is 0 Å². The van der Waals surface area contributed by atoms with Crippen molar-refractivity contribution in [1.29, 1.82) is 0 Å². The van der Waals surface area contributed by atoms with Crippen LogP contribution < -0.4 is 20.1 Å². The zero-order chi connectivity index (χ0) is 29.8. The van der Waals surface area contributed by atoms with Crippen LogP contribution >= 0.6 is 19.3 Å². The third-order valence-electron chi connectivity index (χ3n) is 5.96. The van der Waals surface area contributed by atoms with E-state index in [4.69, 9.17) is 35.9 Å². The standard InChI is InChI=1S/C24H28ClN6O9P/c1-4-37-20-17-19(28-23(26)29-20)31(13-27-17)22-24(34,10-11-25)18(32)16(39-22)12-38-41(35,30-14(2)21(33)36-3)40-15-8-6-5-7-9-15/h5-9,13-14,16,18,22,32,34H,4,12H2,1-3H3,(H,30,35)(H2,26,28,29)/t14-,16+,18+,22+,24+,41?/m0/s1. The maximum Gasteiger partial charge on any atom is 0.459 e. The number of para-hydroxylation sites is 1. The molecule has 1 unspecified atom stereocenters. The molecule has 6 atom stereocenters. The van der Waals surface area contributed by atoms with Crippen molar-refractivity contribution in [2.45, 2.75) is 43.9 Å². The summed E-state index contributed by atoms with van der Waals surface area (Å²) in [5, 5.41) is 27.1. The number of anilines is 1. The fourth-order valence-electron chi connectivity index (χ4n) is 4.06. The highest BCUT2D eigenvalue weighted by atomic mass is 35.5. The molecule has 17 heteroatoms. The van der Waals surface area contributed by atoms with Gasteiger partial charge in [0, 0.05) is 5.38 Å². The van der Waals surface area contributed by atoms with Gasteiger partial charge >= 0.3 is 13.7 Å². The van der Waals surface area contributed by atoms with Crippen LogP contribution in [0.3, 0.4) is 0 Å². The topological polar surface area (TPSA) is 202 Å². The number of aromatic nitrogens is 4. The molecule has 4 rings (SSSR count). The van der Waals surface area contributed by atoms with E-state index in [-0.39, 0.29) is 35.3 Å². The Morgan fingerprint density at radius 3 is 2.76 bits per heavy atom. The van der Waals surface area contributed by atoms with Crippen molar-refractivity contribution < 1.29 is 42.8 Å². The fraction of sp³-hybridized carbons (Fsp3) is 0.417. The molecule has 1 aliphatic rings. The van der Waals surface area contributed by atoms with Crippen molar-refractivity contribution in [3.8, 4) is 22.9 Å². The lowest BCUT2D eigenvalue weighted by Gasteiger charge is -2.26. The van der Waals surface area contributed by atoms with Crippen molar-refractivity contribution in [2.75, 3.05) is 26.1 Å². The third-order valence-corrected chi connectivity index (χ3v) is 7.69. The van der Waals surface area contributed by atoms with E-state index in [0.717, 1.165) is 0 Å². The number of rotatable bonds is 11. The van der Waals surface area contributed by atoms with Gasteiger partial charge in [-0.2, -0.15) is 15.1 Å². The number of methoxy groups -OCH3 is 1. The first-order valence-corrected chi connectivity index (χ1v) is 14.1. The van der Waals surface area contributed by atoms with E-state index in [0.29, 0.717) is 0 Å². The lowest BCUT2D eigenvalue weighted by molar-refractivity contribution is -0.142. The molecule has 5 N–H and O–H groups in total. The molecule has 1 aliphatic heterocycles. The number of nitrogens with zero attached hydrogens (tertiary/aromatic N) is 4. The van der Waals surface area contributed by atoms with Gasteiger partial charge in [0.25, 0.3) is 0 Å². The van der Waals surface area contributed by atoms with E-state index < -0.39 is 50.4 Å². The first kappa shape index (κ1) is 30.5. The number of benzene rings is 1. The Kier molecular flexibility index (Phi) is 9.35. The second-order valence-electron chi connectivity index (χ2n) is 8.73. The average molecular weight is 611 g/mol. The van der Waals surface area contributed by atoms with E-state index in [1.54, 1.807) is 25.1 Å². The number of nitrogens with one attached hydrogen (secondary N) is 1. The number of ether oxygens (including phenoxy) is 3. The Hall–Kier alpha value is -3.48. The minimum atomic E-state index is -4.30. The zero-order valence-electron chi connectivity index (χ0n) is 22.1. The number of nitrogen functional groups attached to an aromatic ring is 1. The van der Waals surface area contributed by atoms with E-state index in [1.165, 1.54) is 37.1 Å². The van der Waals surface area contributed by atoms with Crippen LogP contribution in [0.1, 0.15) is 20.1 Å². The first-order chi connectivity index (χ1) is 19.5. The number of nitrogens with two attached hydrogens (primary N) is 1. The molecular formula is C24H28ClN6O9P. The quantitative estimate of drug-likeness (QED) is 0.138. The van der Waals surface area contributed by atoms with Gasteiger partial charge in [-0.3, -0.25) is 13.9 Å². The Morgan fingerprint density at radius 1 is 1.37 bits per heavy atom. The van der Waals surface area contributed by atoms with Crippen molar-refractivity contribution in [3.63, 3.8) is 0 Å². The molecule has 0 bridgehead atoms. The van der Waals surface area contributed by atoms with Gasteiger partial charge in [0.05, 0.1) is 26.7 Å². The van der Waals surface area contributed by atoms with Crippen LogP contribution in [0, 0.1) is 11.3 Å². The van der Waals surface area contributed by atoms with Crippen LogP contribution in [0.25, 0.3) is 11.2 Å². The largest absolute Gasteiger partial charge is 0.476 e. The number of halogens is 1. The SMILES string of the molecule is CCOc1nc(N)nc2c1ncn2[C@@H]1O[C@H](COP(=O)(N[C@@H](C)C(=O)OC)Oc2ccccc2)[C@@H](O)[C@]1(O)C#CCl. The van der Waals surface area contributed by atoms with E-state index >= 15 is 0 Å². The van der Waals surface area contributed by atoms with Gasteiger partial charge < -0.3 is 34.7 Å². The molecule has 15 nitrogen and oxygen atoms in total. The van der Waals surface area contributed by atoms with Crippen molar-refractivity contribution in [1.82, 2.24) is 24.6 Å². The van der Waals surface area contributed by atoms with Crippen molar-refractivity contribution in [3.05, 3.63) is 36.7 Å². The number of aliphatic hydroxyl groups is 2. The van der Waals surface area contributed by atoms with Gasteiger partial charge in [0.1, 0.15) is 24.0 Å². The molecule has 0 radical (unpaired) electrons. The molecular weight excluding hydrogens is 583 g/mol. The molecule has 2 aromatic heterocycles. The summed E-state index contributed by atoms with van der Waals surface area (Å²) in [7, 11) is -3.13. The third kappa shape index (κ3) is 6.39. The lowest BCUT2D eigenvalue weighted by atomic mass is 9.95. The molecule has 3 aromatic rings. The summed E-state index contributed by atoms with van der Waals surface area (Å²) in [6, 6.07) is 6.97. The highest BCUT2D eigenvalue weighted by Crippen LogP contribution is 2.47. The van der Waals surface area contributed by atoms with Crippen LogP contribution in [0.15, 0.2) is 36.7 Å². The van der Waals surface area contributed by atoms with Crippen LogP contribution in [0.2, 0.25) is 0 Å². The number of hydrogen-bond donors (Lipinski definition) is 4. The van der Waals surface area contributed by atoms with Gasteiger partial charge in [-0.05, 0) is 43.5 Å². The molecule has 0 saturated carbocycles. The molecule has 1 fully saturated rings. The monoisotopic (exact) mass is 610 g/mol. The smallest absolute Gasteiger partial charge is 0.459 e. The van der Waals surface area contributed by atoms with Crippen molar-refractivity contribution >= 4 is 42.4 Å². The summed E-state index contributed by atoms with van der Waals surface area (Å²) < 4.78 is 42.3. The molecule has 41 heavy (non-hydrogen) atoms. The highest BCUT2D eigenvalue weighted by Gasteiger charge is 2.57. The molecule has 1 aromatic carbocycles. The van der Waals surface area contributed by atoms with Crippen LogP contribution in [0.4, 0.5) is 5.95 Å². The van der Waals surface area contributed by atoms with Gasteiger partial charge in [-0.25, -0.2) is 9.55 Å².